The maximum absolute atomic E-state index is 13.3. The number of nitrogens with one attached hydrogen (secondary N) is 1. The molecule has 2 fully saturated rings. The van der Waals surface area contributed by atoms with Crippen LogP contribution in [0.3, 0.4) is 0 Å². The summed E-state index contributed by atoms with van der Waals surface area (Å²) in [5, 5.41) is 2.47. The van der Waals surface area contributed by atoms with E-state index in [1.165, 1.54) is 11.0 Å². The quantitative estimate of drug-likeness (QED) is 0.906. The average molecular weight is 354 g/mol. The Morgan fingerprint density at radius 3 is 2.58 bits per heavy atom. The molecular weight excluding hydrogens is 338 g/mol. The SMILES string of the molecule is O=C(NC1CCCCC1N1C(=O)CSC1=O)c1ccc(F)c(F)c1. The summed E-state index contributed by atoms with van der Waals surface area (Å²) in [7, 11) is 0. The van der Waals surface area contributed by atoms with E-state index in [4.69, 9.17) is 0 Å². The van der Waals surface area contributed by atoms with Gasteiger partial charge in [-0.05, 0) is 31.0 Å². The number of halogens is 2. The number of carbonyl (C=O) groups is 3. The smallest absolute Gasteiger partial charge is 0.289 e. The van der Waals surface area contributed by atoms with E-state index in [1.54, 1.807) is 0 Å². The lowest BCUT2D eigenvalue weighted by atomic mass is 9.89. The average Bonchev–Trinajstić information content (AvgIpc) is 2.89. The lowest BCUT2D eigenvalue weighted by Crippen LogP contribution is -2.54. The van der Waals surface area contributed by atoms with Gasteiger partial charge in [0.25, 0.3) is 11.1 Å². The predicted molar refractivity (Wildman–Crippen MR) is 84.6 cm³/mol. The minimum atomic E-state index is -1.09. The molecule has 2 atom stereocenters. The molecule has 2 unspecified atom stereocenters. The number of hydrogen-bond acceptors (Lipinski definition) is 4. The highest BCUT2D eigenvalue weighted by atomic mass is 32.2. The standard InChI is InChI=1S/C16H16F2N2O3S/c17-10-6-5-9(7-11(10)18)15(22)19-12-3-1-2-4-13(12)20-14(21)8-24-16(20)23/h5-7,12-13H,1-4,8H2,(H,19,22). The highest BCUT2D eigenvalue weighted by molar-refractivity contribution is 8.14. The first-order chi connectivity index (χ1) is 11.5. The number of thioether (sulfide) groups is 1. The van der Waals surface area contributed by atoms with Crippen molar-refractivity contribution in [1.82, 2.24) is 10.2 Å². The predicted octanol–water partition coefficient (Wildman–Crippen LogP) is 2.70. The largest absolute Gasteiger partial charge is 0.347 e. The third-order valence-corrected chi connectivity index (χ3v) is 5.18. The van der Waals surface area contributed by atoms with E-state index in [1.807, 2.05) is 0 Å². The van der Waals surface area contributed by atoms with Crippen LogP contribution in [0.25, 0.3) is 0 Å². The molecule has 0 bridgehead atoms. The monoisotopic (exact) mass is 354 g/mol. The number of imide groups is 1. The van der Waals surface area contributed by atoms with Crippen molar-refractivity contribution >= 4 is 28.8 Å². The van der Waals surface area contributed by atoms with Gasteiger partial charge in [-0.3, -0.25) is 19.3 Å². The summed E-state index contributed by atoms with van der Waals surface area (Å²) in [6.07, 6.45) is 2.98. The van der Waals surface area contributed by atoms with Crippen LogP contribution in [-0.2, 0) is 4.79 Å². The molecule has 2 aliphatic rings. The van der Waals surface area contributed by atoms with Gasteiger partial charge in [0.1, 0.15) is 0 Å². The van der Waals surface area contributed by atoms with Crippen LogP contribution in [-0.4, -0.2) is 39.8 Å². The summed E-state index contributed by atoms with van der Waals surface area (Å²) in [6.45, 7) is 0. The highest BCUT2D eigenvalue weighted by Crippen LogP contribution is 2.30. The van der Waals surface area contributed by atoms with Crippen LogP contribution in [0.15, 0.2) is 18.2 Å². The van der Waals surface area contributed by atoms with Crippen LogP contribution in [0.4, 0.5) is 13.6 Å². The van der Waals surface area contributed by atoms with Gasteiger partial charge in [0.05, 0.1) is 17.8 Å². The lowest BCUT2D eigenvalue weighted by Gasteiger charge is -2.36. The molecule has 1 N–H and O–H groups in total. The number of rotatable bonds is 3. The summed E-state index contributed by atoms with van der Waals surface area (Å²) in [4.78, 5) is 37.4. The molecule has 0 spiro atoms. The molecule has 24 heavy (non-hydrogen) atoms. The second kappa shape index (κ2) is 6.88. The van der Waals surface area contributed by atoms with Crippen LogP contribution >= 0.6 is 11.8 Å². The van der Waals surface area contributed by atoms with Crippen LogP contribution in [0.2, 0.25) is 0 Å². The summed E-state index contributed by atoms with van der Waals surface area (Å²) < 4.78 is 26.3. The molecule has 1 aromatic rings. The van der Waals surface area contributed by atoms with Crippen molar-refractivity contribution in [3.05, 3.63) is 35.4 Å². The van der Waals surface area contributed by atoms with Crippen molar-refractivity contribution in [3.8, 4) is 0 Å². The number of nitrogens with zero attached hydrogens (tertiary/aromatic N) is 1. The number of amides is 3. The van der Waals surface area contributed by atoms with E-state index < -0.39 is 17.5 Å². The van der Waals surface area contributed by atoms with E-state index in [9.17, 15) is 23.2 Å². The van der Waals surface area contributed by atoms with Gasteiger partial charge in [-0.1, -0.05) is 24.6 Å². The Morgan fingerprint density at radius 1 is 1.17 bits per heavy atom. The van der Waals surface area contributed by atoms with Crippen LogP contribution in [0.1, 0.15) is 36.0 Å². The fraction of sp³-hybridized carbons (Fsp3) is 0.438. The Balaban J connectivity index is 1.76. The van der Waals surface area contributed by atoms with Crippen LogP contribution in [0.5, 0.6) is 0 Å². The van der Waals surface area contributed by atoms with Crippen LogP contribution < -0.4 is 5.32 Å². The molecule has 5 nitrogen and oxygen atoms in total. The normalized spacial score (nSPS) is 24.3. The Labute approximate surface area is 141 Å². The molecule has 8 heteroatoms. The lowest BCUT2D eigenvalue weighted by molar-refractivity contribution is -0.127. The van der Waals surface area contributed by atoms with Crippen LogP contribution in [0, 0.1) is 11.6 Å². The summed E-state index contributed by atoms with van der Waals surface area (Å²) in [5.41, 5.74) is 0.00618. The molecule has 1 saturated heterocycles. The van der Waals surface area contributed by atoms with E-state index in [0.29, 0.717) is 12.8 Å². The van der Waals surface area contributed by atoms with Gasteiger partial charge in [-0.15, -0.1) is 0 Å². The summed E-state index contributed by atoms with van der Waals surface area (Å²) in [6, 6.07) is 2.17. The van der Waals surface area contributed by atoms with Crippen molar-refractivity contribution in [2.24, 2.45) is 0 Å². The van der Waals surface area contributed by atoms with E-state index in [0.717, 1.165) is 36.7 Å². The summed E-state index contributed by atoms with van der Waals surface area (Å²) >= 11 is 0.961. The zero-order valence-electron chi connectivity index (χ0n) is 12.8. The van der Waals surface area contributed by atoms with Gasteiger partial charge >= 0.3 is 0 Å². The molecule has 1 aliphatic carbocycles. The minimum Gasteiger partial charge on any atom is -0.347 e. The molecule has 0 aromatic heterocycles. The van der Waals surface area contributed by atoms with Crippen molar-refractivity contribution in [2.75, 3.05) is 5.75 Å². The number of carbonyl (C=O) groups excluding carboxylic acids is 3. The fourth-order valence-corrected chi connectivity index (χ4v) is 3.92. The molecule has 0 radical (unpaired) electrons. The van der Waals surface area contributed by atoms with E-state index >= 15 is 0 Å². The molecule has 1 aliphatic heterocycles. The zero-order chi connectivity index (χ0) is 17.3. The molecule has 1 heterocycles. The Bertz CT molecular complexity index is 682. The van der Waals surface area contributed by atoms with Gasteiger partial charge in [0, 0.05) is 5.56 Å². The zero-order valence-corrected chi connectivity index (χ0v) is 13.6. The maximum atomic E-state index is 13.3. The molecule has 3 rings (SSSR count). The molecule has 1 aromatic carbocycles. The second-order valence-corrected chi connectivity index (χ2v) is 6.81. The first-order valence-corrected chi connectivity index (χ1v) is 8.70. The van der Waals surface area contributed by atoms with Crippen molar-refractivity contribution in [2.45, 2.75) is 37.8 Å². The first kappa shape index (κ1) is 16.9. The highest BCUT2D eigenvalue weighted by Gasteiger charge is 2.41. The fourth-order valence-electron chi connectivity index (χ4n) is 3.16. The van der Waals surface area contributed by atoms with Gasteiger partial charge in [0.2, 0.25) is 5.91 Å². The van der Waals surface area contributed by atoms with Gasteiger partial charge in [-0.2, -0.15) is 0 Å². The Hall–Kier alpha value is -1.96. The van der Waals surface area contributed by atoms with Crippen molar-refractivity contribution < 1.29 is 23.2 Å². The van der Waals surface area contributed by atoms with Gasteiger partial charge in [0.15, 0.2) is 11.6 Å². The first-order valence-electron chi connectivity index (χ1n) is 7.72. The Kier molecular flexibility index (Phi) is 4.84. The maximum Gasteiger partial charge on any atom is 0.289 e. The molecule has 3 amide bonds. The van der Waals surface area contributed by atoms with Crippen molar-refractivity contribution in [1.29, 1.82) is 0 Å². The minimum absolute atomic E-state index is 0.00618. The number of benzene rings is 1. The third-order valence-electron chi connectivity index (χ3n) is 4.34. The Morgan fingerprint density at radius 2 is 1.92 bits per heavy atom. The third kappa shape index (κ3) is 3.28. The summed E-state index contributed by atoms with van der Waals surface area (Å²) in [5.74, 6) is -2.78. The molecule has 128 valence electrons. The molecule has 1 saturated carbocycles. The van der Waals surface area contributed by atoms with E-state index in [-0.39, 0.29) is 34.5 Å². The second-order valence-electron chi connectivity index (χ2n) is 5.88. The molecular formula is C16H16F2N2O3S. The van der Waals surface area contributed by atoms with Crippen molar-refractivity contribution in [3.63, 3.8) is 0 Å². The number of hydrogen-bond donors (Lipinski definition) is 1. The van der Waals surface area contributed by atoms with E-state index in [2.05, 4.69) is 5.32 Å². The topological polar surface area (TPSA) is 66.5 Å². The van der Waals surface area contributed by atoms with Gasteiger partial charge < -0.3 is 5.32 Å². The van der Waals surface area contributed by atoms with Gasteiger partial charge in [-0.25, -0.2) is 8.78 Å².